The number of amidine groups is 1. The van der Waals surface area contributed by atoms with Crippen LogP contribution in [0.1, 0.15) is 11.1 Å². The number of carbonyl (C=O) groups excluding carboxylic acids is 2. The smallest absolute Gasteiger partial charge is 0.406 e. The van der Waals surface area contributed by atoms with Crippen molar-refractivity contribution < 1.29 is 27.5 Å². The molecule has 0 bridgehead atoms. The number of rotatable bonds is 5. The number of hydrogen-bond donors (Lipinski definition) is 1. The van der Waals surface area contributed by atoms with E-state index in [1.807, 2.05) is 32.0 Å². The van der Waals surface area contributed by atoms with Gasteiger partial charge in [-0.2, -0.15) is 4.99 Å². The van der Waals surface area contributed by atoms with Crippen LogP contribution in [0, 0.1) is 13.8 Å². The summed E-state index contributed by atoms with van der Waals surface area (Å²) in [4.78, 5) is 35.0. The lowest BCUT2D eigenvalue weighted by molar-refractivity contribution is -0.274. The molecule has 0 aliphatic carbocycles. The van der Waals surface area contributed by atoms with Crippen molar-refractivity contribution in [1.82, 2.24) is 14.8 Å². The van der Waals surface area contributed by atoms with Crippen LogP contribution in [0.5, 0.6) is 5.75 Å². The zero-order valence-electron chi connectivity index (χ0n) is 21.1. The summed E-state index contributed by atoms with van der Waals surface area (Å²) in [5, 5.41) is 7.36. The number of halogens is 3. The molecule has 1 aliphatic heterocycles. The first-order valence-corrected chi connectivity index (χ1v) is 12.8. The first kappa shape index (κ1) is 26.9. The van der Waals surface area contributed by atoms with E-state index in [2.05, 4.69) is 25.1 Å². The first-order valence-electron chi connectivity index (χ1n) is 11.9. The third kappa shape index (κ3) is 6.31. The van der Waals surface area contributed by atoms with Crippen molar-refractivity contribution in [3.05, 3.63) is 84.2 Å². The van der Waals surface area contributed by atoms with Crippen molar-refractivity contribution in [2.45, 2.75) is 20.2 Å². The third-order valence-corrected chi connectivity index (χ3v) is 6.57. The fraction of sp³-hybridized carbons (Fsp3) is 0.148. The molecule has 13 heteroatoms. The number of aliphatic imine (C=N–C) groups is 1. The normalized spacial score (nSPS) is 14.6. The minimum absolute atomic E-state index is 0.150. The minimum atomic E-state index is -4.77. The van der Waals surface area contributed by atoms with Crippen LogP contribution >= 0.6 is 11.8 Å². The molecule has 0 unspecified atom stereocenters. The maximum atomic E-state index is 12.7. The molecule has 0 spiro atoms. The van der Waals surface area contributed by atoms with Crippen LogP contribution in [-0.4, -0.2) is 44.0 Å². The number of carbonyl (C=O) groups is 2. The molecule has 3 amide bonds. The summed E-state index contributed by atoms with van der Waals surface area (Å²) in [7, 11) is 0. The number of aryl methyl sites for hydroxylation is 2. The highest BCUT2D eigenvalue weighted by molar-refractivity contribution is 8.15. The van der Waals surface area contributed by atoms with Gasteiger partial charge in [-0.15, -0.1) is 18.3 Å². The van der Waals surface area contributed by atoms with Crippen LogP contribution in [0.3, 0.4) is 0 Å². The van der Waals surface area contributed by atoms with Gasteiger partial charge in [0.25, 0.3) is 0 Å². The maximum Gasteiger partial charge on any atom is 0.573 e. The van der Waals surface area contributed by atoms with E-state index in [1.165, 1.54) is 51.9 Å². The maximum absolute atomic E-state index is 12.7. The van der Waals surface area contributed by atoms with Gasteiger partial charge in [0.05, 0.1) is 17.1 Å². The lowest BCUT2D eigenvalue weighted by Crippen LogP contribution is -2.30. The van der Waals surface area contributed by atoms with Crippen LogP contribution in [0.25, 0.3) is 17.1 Å². The van der Waals surface area contributed by atoms with E-state index in [4.69, 9.17) is 0 Å². The Bertz CT molecular complexity index is 1580. The minimum Gasteiger partial charge on any atom is -0.406 e. The molecule has 0 atom stereocenters. The quantitative estimate of drug-likeness (QED) is 0.313. The monoisotopic (exact) mass is 566 g/mol. The Hall–Kier alpha value is -4.65. The standard InChI is InChI=1S/C27H21F3N6O3S/c1-16-11-17(2)13-21(12-16)36-23(37)14-40-26(36)33-25(38)32-19-5-3-18(4-6-19)24-31-15-35(34-24)20-7-9-22(10-8-20)39-27(28,29)30/h3-13,15H,14H2,1-2H3,(H,32,38)/b33-26-. The van der Waals surface area contributed by atoms with Crippen LogP contribution in [0.2, 0.25) is 0 Å². The number of alkyl halides is 3. The summed E-state index contributed by atoms with van der Waals surface area (Å²) in [5.74, 6) is 0.0800. The molecule has 1 aliphatic rings. The first-order chi connectivity index (χ1) is 19.0. The molecule has 1 fully saturated rings. The van der Waals surface area contributed by atoms with E-state index >= 15 is 0 Å². The molecule has 9 nitrogen and oxygen atoms in total. The van der Waals surface area contributed by atoms with Gasteiger partial charge in [-0.1, -0.05) is 17.8 Å². The summed E-state index contributed by atoms with van der Waals surface area (Å²) >= 11 is 1.20. The number of urea groups is 1. The molecule has 204 valence electrons. The summed E-state index contributed by atoms with van der Waals surface area (Å²) in [5.41, 5.74) is 4.28. The molecule has 4 aromatic rings. The Labute approximate surface area is 230 Å². The molecule has 0 radical (unpaired) electrons. The van der Waals surface area contributed by atoms with Gasteiger partial charge in [-0.25, -0.2) is 14.5 Å². The number of nitrogens with zero attached hydrogens (tertiary/aromatic N) is 5. The van der Waals surface area contributed by atoms with Gasteiger partial charge in [-0.05, 0) is 85.6 Å². The number of amides is 3. The fourth-order valence-electron chi connectivity index (χ4n) is 4.04. The van der Waals surface area contributed by atoms with Crippen molar-refractivity contribution in [3.63, 3.8) is 0 Å². The molecule has 3 aromatic carbocycles. The second-order valence-corrected chi connectivity index (χ2v) is 9.76. The van der Waals surface area contributed by atoms with Gasteiger partial charge in [0, 0.05) is 11.3 Å². The van der Waals surface area contributed by atoms with Gasteiger partial charge in [0.15, 0.2) is 11.0 Å². The highest BCUT2D eigenvalue weighted by Gasteiger charge is 2.31. The molecule has 1 saturated heterocycles. The van der Waals surface area contributed by atoms with Crippen LogP contribution in [0.15, 0.2) is 78.0 Å². The van der Waals surface area contributed by atoms with Crippen molar-refractivity contribution in [2.24, 2.45) is 4.99 Å². The van der Waals surface area contributed by atoms with Crippen LogP contribution in [-0.2, 0) is 4.79 Å². The Kier molecular flexibility index (Phi) is 7.30. The Morgan fingerprint density at radius 2 is 1.68 bits per heavy atom. The van der Waals surface area contributed by atoms with E-state index in [0.29, 0.717) is 33.6 Å². The van der Waals surface area contributed by atoms with E-state index < -0.39 is 12.4 Å². The molecule has 5 rings (SSSR count). The van der Waals surface area contributed by atoms with Crippen molar-refractivity contribution in [3.8, 4) is 22.8 Å². The van der Waals surface area contributed by atoms with Crippen molar-refractivity contribution >= 4 is 40.2 Å². The van der Waals surface area contributed by atoms with Gasteiger partial charge in [0.2, 0.25) is 5.91 Å². The van der Waals surface area contributed by atoms with Gasteiger partial charge in [-0.3, -0.25) is 9.69 Å². The molecule has 0 saturated carbocycles. The number of nitrogens with one attached hydrogen (secondary N) is 1. The zero-order chi connectivity index (χ0) is 28.4. The summed E-state index contributed by atoms with van der Waals surface area (Å²) in [6.45, 7) is 3.87. The molecule has 40 heavy (non-hydrogen) atoms. The summed E-state index contributed by atoms with van der Waals surface area (Å²) < 4.78 is 42.4. The van der Waals surface area contributed by atoms with Gasteiger partial charge < -0.3 is 10.1 Å². The summed E-state index contributed by atoms with van der Waals surface area (Å²) in [6, 6.07) is 17.1. The Morgan fingerprint density at radius 1 is 1.00 bits per heavy atom. The predicted octanol–water partition coefficient (Wildman–Crippen LogP) is 6.12. The molecular formula is C27H21F3N6O3S. The lowest BCUT2D eigenvalue weighted by Gasteiger charge is -2.17. The highest BCUT2D eigenvalue weighted by Crippen LogP contribution is 2.29. The van der Waals surface area contributed by atoms with Crippen LogP contribution < -0.4 is 15.0 Å². The summed E-state index contributed by atoms with van der Waals surface area (Å²) in [6.07, 6.45) is -3.33. The van der Waals surface area contributed by atoms with E-state index in [1.54, 1.807) is 24.3 Å². The second-order valence-electron chi connectivity index (χ2n) is 8.82. The van der Waals surface area contributed by atoms with E-state index in [-0.39, 0.29) is 17.4 Å². The average molecular weight is 567 g/mol. The molecule has 1 N–H and O–H groups in total. The second kappa shape index (κ2) is 10.8. The number of aromatic nitrogens is 3. The number of ether oxygens (including phenoxy) is 1. The molecular weight excluding hydrogens is 545 g/mol. The van der Waals surface area contributed by atoms with E-state index in [0.717, 1.165) is 11.1 Å². The largest absolute Gasteiger partial charge is 0.573 e. The highest BCUT2D eigenvalue weighted by atomic mass is 32.2. The third-order valence-electron chi connectivity index (χ3n) is 5.65. The van der Waals surface area contributed by atoms with Crippen molar-refractivity contribution in [2.75, 3.05) is 16.0 Å². The Balaban J connectivity index is 1.25. The van der Waals surface area contributed by atoms with Gasteiger partial charge in [0.1, 0.15) is 12.1 Å². The topological polar surface area (TPSA) is 102 Å². The average Bonchev–Trinajstić information content (AvgIpc) is 3.50. The molecule has 2 heterocycles. The SMILES string of the molecule is Cc1cc(C)cc(N2C(=O)CS/C2=N\C(=O)Nc2ccc(-c3ncn(-c4ccc(OC(F)(F)F)cc4)n3)cc2)c1. The number of thioether (sulfide) groups is 1. The van der Waals surface area contributed by atoms with Crippen LogP contribution in [0.4, 0.5) is 29.3 Å². The molecule has 1 aromatic heterocycles. The number of hydrogen-bond acceptors (Lipinski definition) is 6. The van der Waals surface area contributed by atoms with Crippen molar-refractivity contribution in [1.29, 1.82) is 0 Å². The lowest BCUT2D eigenvalue weighted by atomic mass is 10.1. The fourth-order valence-corrected chi connectivity index (χ4v) is 4.91. The zero-order valence-corrected chi connectivity index (χ0v) is 22.0. The number of benzene rings is 3. The number of anilines is 2. The van der Waals surface area contributed by atoms with Gasteiger partial charge >= 0.3 is 12.4 Å². The Morgan fingerprint density at radius 3 is 2.33 bits per heavy atom. The predicted molar refractivity (Wildman–Crippen MR) is 146 cm³/mol. The van der Waals surface area contributed by atoms with E-state index in [9.17, 15) is 22.8 Å².